The van der Waals surface area contributed by atoms with E-state index in [2.05, 4.69) is 0 Å². The number of halogens is 1. The predicted octanol–water partition coefficient (Wildman–Crippen LogP) is 5.98. The normalized spacial score (nSPS) is 15.3. The Balaban J connectivity index is 1.58. The van der Waals surface area contributed by atoms with Gasteiger partial charge in [0.2, 0.25) is 0 Å². The van der Waals surface area contributed by atoms with Gasteiger partial charge in [-0.25, -0.2) is 19.0 Å². The molecule has 1 fully saturated rings. The molecule has 0 bridgehead atoms. The maximum absolute atomic E-state index is 13.4. The SMILES string of the molecule is Cc1ccc(N2C(=O)/C(=C/c3ccc(-c4ccc(F)cc4)o3)C(=O)N(c3ccccc3)C2=O)cc1. The van der Waals surface area contributed by atoms with Gasteiger partial charge in [-0.05, 0) is 73.7 Å². The van der Waals surface area contributed by atoms with E-state index < -0.39 is 17.8 Å². The molecule has 1 aliphatic rings. The average molecular weight is 466 g/mol. The van der Waals surface area contributed by atoms with Gasteiger partial charge in [0.25, 0.3) is 11.8 Å². The van der Waals surface area contributed by atoms with Crippen LogP contribution in [0.5, 0.6) is 0 Å². The molecule has 2 heterocycles. The standard InChI is InChI=1S/C28H19FN2O4/c1-18-7-13-22(14-8-18)31-27(33)24(26(32)30(28(31)34)21-5-3-2-4-6-21)17-23-15-16-25(35-23)19-9-11-20(29)12-10-19/h2-17H,1H3/b24-17+. The number of amides is 4. The summed E-state index contributed by atoms with van der Waals surface area (Å²) in [5.74, 6) is -1.20. The summed E-state index contributed by atoms with van der Waals surface area (Å²) in [6, 6.07) is 23.5. The summed E-state index contributed by atoms with van der Waals surface area (Å²) < 4.78 is 19.1. The molecule has 3 aromatic carbocycles. The lowest BCUT2D eigenvalue weighted by Crippen LogP contribution is -2.57. The van der Waals surface area contributed by atoms with Crippen LogP contribution < -0.4 is 9.80 Å². The van der Waals surface area contributed by atoms with E-state index in [0.717, 1.165) is 15.4 Å². The van der Waals surface area contributed by atoms with Crippen molar-refractivity contribution in [2.45, 2.75) is 6.92 Å². The quantitative estimate of drug-likeness (QED) is 0.274. The van der Waals surface area contributed by atoms with Crippen LogP contribution >= 0.6 is 0 Å². The summed E-state index contributed by atoms with van der Waals surface area (Å²) in [6.45, 7) is 1.89. The Morgan fingerprint density at radius 3 is 1.94 bits per heavy atom. The number of hydrogen-bond acceptors (Lipinski definition) is 4. The predicted molar refractivity (Wildman–Crippen MR) is 130 cm³/mol. The van der Waals surface area contributed by atoms with Gasteiger partial charge >= 0.3 is 6.03 Å². The van der Waals surface area contributed by atoms with Gasteiger partial charge in [-0.2, -0.15) is 0 Å². The summed E-state index contributed by atoms with van der Waals surface area (Å²) in [6.07, 6.45) is 1.32. The molecule has 0 radical (unpaired) electrons. The highest BCUT2D eigenvalue weighted by Crippen LogP contribution is 2.31. The maximum Gasteiger partial charge on any atom is 0.343 e. The molecule has 4 aromatic rings. The minimum Gasteiger partial charge on any atom is -0.457 e. The van der Waals surface area contributed by atoms with E-state index in [1.165, 1.54) is 18.2 Å². The number of hydrogen-bond donors (Lipinski definition) is 0. The fourth-order valence-electron chi connectivity index (χ4n) is 3.80. The molecule has 4 amide bonds. The van der Waals surface area contributed by atoms with Crippen LogP contribution in [-0.2, 0) is 9.59 Å². The van der Waals surface area contributed by atoms with Crippen molar-refractivity contribution in [3.05, 3.63) is 114 Å². The number of anilines is 2. The van der Waals surface area contributed by atoms with Gasteiger partial charge in [0, 0.05) is 5.56 Å². The van der Waals surface area contributed by atoms with Crippen molar-refractivity contribution in [2.75, 3.05) is 9.80 Å². The second-order valence-electron chi connectivity index (χ2n) is 8.00. The largest absolute Gasteiger partial charge is 0.457 e. The molecule has 7 heteroatoms. The number of nitrogens with zero attached hydrogens (tertiary/aromatic N) is 2. The van der Waals surface area contributed by atoms with Gasteiger partial charge in [0.15, 0.2) is 0 Å². The minimum atomic E-state index is -0.765. The van der Waals surface area contributed by atoms with Crippen molar-refractivity contribution in [1.82, 2.24) is 0 Å². The third-order valence-electron chi connectivity index (χ3n) is 5.60. The molecule has 0 N–H and O–H groups in total. The van der Waals surface area contributed by atoms with E-state index in [1.807, 2.05) is 6.92 Å². The Bertz CT molecular complexity index is 1460. The molecule has 172 valence electrons. The molecule has 0 aliphatic carbocycles. The molecule has 0 unspecified atom stereocenters. The van der Waals surface area contributed by atoms with Crippen molar-refractivity contribution in [3.63, 3.8) is 0 Å². The Kier molecular flexibility index (Phi) is 5.58. The van der Waals surface area contributed by atoms with Crippen molar-refractivity contribution in [3.8, 4) is 11.3 Å². The zero-order valence-electron chi connectivity index (χ0n) is 18.6. The van der Waals surface area contributed by atoms with E-state index in [0.29, 0.717) is 22.7 Å². The van der Waals surface area contributed by atoms with E-state index >= 15 is 0 Å². The molecule has 0 atom stereocenters. The number of carbonyl (C=O) groups excluding carboxylic acids is 3. The monoisotopic (exact) mass is 466 g/mol. The van der Waals surface area contributed by atoms with Crippen LogP contribution in [0, 0.1) is 12.7 Å². The van der Waals surface area contributed by atoms with Crippen LogP contribution in [0.3, 0.4) is 0 Å². The van der Waals surface area contributed by atoms with E-state index in [9.17, 15) is 18.8 Å². The first-order chi connectivity index (χ1) is 16.9. The second-order valence-corrected chi connectivity index (χ2v) is 8.00. The van der Waals surface area contributed by atoms with Crippen LogP contribution in [-0.4, -0.2) is 17.8 Å². The number of barbiturate groups is 1. The first kappa shape index (κ1) is 22.0. The van der Waals surface area contributed by atoms with Crippen molar-refractivity contribution in [2.24, 2.45) is 0 Å². The van der Waals surface area contributed by atoms with E-state index in [4.69, 9.17) is 4.42 Å². The van der Waals surface area contributed by atoms with Gasteiger partial charge in [-0.3, -0.25) is 9.59 Å². The molecule has 0 saturated carbocycles. The highest BCUT2D eigenvalue weighted by molar-refractivity contribution is 6.46. The summed E-state index contributed by atoms with van der Waals surface area (Å²) in [7, 11) is 0. The average Bonchev–Trinajstić information content (AvgIpc) is 3.33. The Labute approximate surface area is 200 Å². The zero-order valence-corrected chi connectivity index (χ0v) is 18.6. The van der Waals surface area contributed by atoms with Crippen LogP contribution in [0.4, 0.5) is 20.6 Å². The van der Waals surface area contributed by atoms with Crippen molar-refractivity contribution >= 4 is 35.3 Å². The first-order valence-electron chi connectivity index (χ1n) is 10.8. The number of aryl methyl sites for hydroxylation is 1. The summed E-state index contributed by atoms with van der Waals surface area (Å²) >= 11 is 0. The molecule has 1 aromatic heterocycles. The third-order valence-corrected chi connectivity index (χ3v) is 5.60. The Morgan fingerprint density at radius 1 is 0.714 bits per heavy atom. The lowest BCUT2D eigenvalue weighted by molar-refractivity contribution is -0.121. The van der Waals surface area contributed by atoms with Gasteiger partial charge in [-0.1, -0.05) is 35.9 Å². The Hall–Kier alpha value is -4.78. The number of para-hydroxylation sites is 1. The molecule has 35 heavy (non-hydrogen) atoms. The second kappa shape index (κ2) is 8.87. The Morgan fingerprint density at radius 2 is 1.31 bits per heavy atom. The van der Waals surface area contributed by atoms with Gasteiger partial charge < -0.3 is 4.42 Å². The maximum atomic E-state index is 13.4. The van der Waals surface area contributed by atoms with Crippen LogP contribution in [0.25, 0.3) is 17.4 Å². The highest BCUT2D eigenvalue weighted by Gasteiger charge is 2.43. The van der Waals surface area contributed by atoms with Crippen LogP contribution in [0.1, 0.15) is 11.3 Å². The first-order valence-corrected chi connectivity index (χ1v) is 10.8. The number of furan rings is 1. The van der Waals surface area contributed by atoms with Crippen LogP contribution in [0.15, 0.2) is 101 Å². The van der Waals surface area contributed by atoms with Gasteiger partial charge in [-0.15, -0.1) is 0 Å². The summed E-state index contributed by atoms with van der Waals surface area (Å²) in [5.41, 5.74) is 2.05. The molecule has 1 aliphatic heterocycles. The summed E-state index contributed by atoms with van der Waals surface area (Å²) in [4.78, 5) is 42.2. The van der Waals surface area contributed by atoms with Crippen molar-refractivity contribution in [1.29, 1.82) is 0 Å². The van der Waals surface area contributed by atoms with Gasteiger partial charge in [0.1, 0.15) is 22.9 Å². The molecule has 6 nitrogen and oxygen atoms in total. The molecule has 0 spiro atoms. The highest BCUT2D eigenvalue weighted by atomic mass is 19.1. The molecular weight excluding hydrogens is 447 g/mol. The van der Waals surface area contributed by atoms with Gasteiger partial charge in [0.05, 0.1) is 11.4 Å². The van der Waals surface area contributed by atoms with Crippen LogP contribution in [0.2, 0.25) is 0 Å². The molecular formula is C28H19FN2O4. The number of imide groups is 2. The topological polar surface area (TPSA) is 70.8 Å². The number of carbonyl (C=O) groups is 3. The number of benzene rings is 3. The number of rotatable bonds is 4. The number of urea groups is 1. The summed E-state index contributed by atoms with van der Waals surface area (Å²) in [5, 5.41) is 0. The van der Waals surface area contributed by atoms with Crippen molar-refractivity contribution < 1.29 is 23.2 Å². The fourth-order valence-corrected chi connectivity index (χ4v) is 3.80. The smallest absolute Gasteiger partial charge is 0.343 e. The lowest BCUT2D eigenvalue weighted by atomic mass is 10.1. The van der Waals surface area contributed by atoms with E-state index in [-0.39, 0.29) is 17.2 Å². The zero-order chi connectivity index (χ0) is 24.5. The lowest BCUT2D eigenvalue weighted by Gasteiger charge is -2.33. The third kappa shape index (κ3) is 4.15. The minimum absolute atomic E-state index is 0.228. The van der Waals surface area contributed by atoms with E-state index in [1.54, 1.807) is 78.9 Å². The molecule has 5 rings (SSSR count). The molecule has 1 saturated heterocycles. The fraction of sp³-hybridized carbons (Fsp3) is 0.0357.